The van der Waals surface area contributed by atoms with E-state index in [1.807, 2.05) is 39.7 Å². The van der Waals surface area contributed by atoms with Crippen LogP contribution in [0.2, 0.25) is 18.1 Å². The van der Waals surface area contributed by atoms with Gasteiger partial charge in [0.2, 0.25) is 0 Å². The molecule has 1 aliphatic heterocycles. The molecule has 0 spiro atoms. The van der Waals surface area contributed by atoms with Crippen molar-refractivity contribution in [3.63, 3.8) is 0 Å². The summed E-state index contributed by atoms with van der Waals surface area (Å²) in [6.45, 7) is 19.3. The summed E-state index contributed by atoms with van der Waals surface area (Å²) in [6, 6.07) is 0. The molecular weight excluding hydrogens is 359 g/mol. The topological polar surface area (TPSA) is 54.0 Å². The first-order valence-corrected chi connectivity index (χ1v) is 12.8. The minimum absolute atomic E-state index is 0.0745. The SMILES string of the molecule is COC(=O)CCC[C@H](/C=C/B1OC(C)(C)C(C)(C)O1)O[Si](C)(C)C(C)(C)C. The highest BCUT2D eigenvalue weighted by atomic mass is 28.4. The molecule has 1 rings (SSSR count). The minimum atomic E-state index is -1.94. The van der Waals surface area contributed by atoms with Crippen LogP contribution in [0.4, 0.5) is 0 Å². The molecule has 0 aliphatic carbocycles. The minimum Gasteiger partial charge on any atom is -0.469 e. The van der Waals surface area contributed by atoms with Crippen molar-refractivity contribution in [3.8, 4) is 0 Å². The molecule has 0 bridgehead atoms. The molecule has 1 atom stereocenters. The fourth-order valence-corrected chi connectivity index (χ4v) is 3.79. The summed E-state index contributed by atoms with van der Waals surface area (Å²) in [6.07, 6.45) is 3.85. The molecule has 1 aliphatic rings. The highest BCUT2D eigenvalue weighted by Crippen LogP contribution is 2.39. The van der Waals surface area contributed by atoms with E-state index in [1.165, 1.54) is 7.11 Å². The average molecular weight is 398 g/mol. The van der Waals surface area contributed by atoms with Gasteiger partial charge in [0.05, 0.1) is 24.4 Å². The van der Waals surface area contributed by atoms with Crippen molar-refractivity contribution < 1.29 is 23.3 Å². The van der Waals surface area contributed by atoms with Crippen LogP contribution < -0.4 is 0 Å². The van der Waals surface area contributed by atoms with Crippen LogP contribution in [0.25, 0.3) is 0 Å². The first kappa shape index (κ1) is 24.4. The monoisotopic (exact) mass is 398 g/mol. The Morgan fingerprint density at radius 2 is 1.67 bits per heavy atom. The Bertz CT molecular complexity index is 521. The average Bonchev–Trinajstić information content (AvgIpc) is 2.70. The van der Waals surface area contributed by atoms with Gasteiger partial charge in [-0.1, -0.05) is 32.8 Å². The van der Waals surface area contributed by atoms with Crippen LogP contribution >= 0.6 is 0 Å². The lowest BCUT2D eigenvalue weighted by molar-refractivity contribution is -0.140. The van der Waals surface area contributed by atoms with Crippen molar-refractivity contribution >= 4 is 21.4 Å². The lowest BCUT2D eigenvalue weighted by Crippen LogP contribution is -2.43. The molecule has 0 saturated carbocycles. The molecule has 1 heterocycles. The Hall–Kier alpha value is -0.628. The first-order valence-electron chi connectivity index (χ1n) is 9.90. The maximum absolute atomic E-state index is 11.4. The largest absolute Gasteiger partial charge is 0.486 e. The number of esters is 1. The molecule has 0 aromatic carbocycles. The summed E-state index contributed by atoms with van der Waals surface area (Å²) in [7, 11) is -0.903. The molecule has 0 amide bonds. The van der Waals surface area contributed by atoms with E-state index in [-0.39, 0.29) is 35.4 Å². The normalized spacial score (nSPS) is 20.9. The molecule has 0 aromatic rings. The van der Waals surface area contributed by atoms with Gasteiger partial charge in [0.25, 0.3) is 0 Å². The molecule has 5 nitrogen and oxygen atoms in total. The number of methoxy groups -OCH3 is 1. The van der Waals surface area contributed by atoms with Crippen LogP contribution in [0, 0.1) is 0 Å². The van der Waals surface area contributed by atoms with E-state index in [0.29, 0.717) is 6.42 Å². The zero-order valence-electron chi connectivity index (χ0n) is 19.0. The highest BCUT2D eigenvalue weighted by Gasteiger charge is 2.50. The summed E-state index contributed by atoms with van der Waals surface area (Å²) >= 11 is 0. The summed E-state index contributed by atoms with van der Waals surface area (Å²) in [4.78, 5) is 11.4. The van der Waals surface area contributed by atoms with Gasteiger partial charge in [-0.2, -0.15) is 0 Å². The lowest BCUT2D eigenvalue weighted by atomic mass is 9.89. The van der Waals surface area contributed by atoms with Gasteiger partial charge in [-0.3, -0.25) is 4.79 Å². The molecule has 0 radical (unpaired) electrons. The second-order valence-electron chi connectivity index (χ2n) is 9.89. The third-order valence-corrected chi connectivity index (χ3v) is 10.6. The van der Waals surface area contributed by atoms with E-state index >= 15 is 0 Å². The Kier molecular flexibility index (Phi) is 7.96. The zero-order valence-corrected chi connectivity index (χ0v) is 20.0. The van der Waals surface area contributed by atoms with Crippen molar-refractivity contribution in [3.05, 3.63) is 12.1 Å². The molecule has 0 N–H and O–H groups in total. The van der Waals surface area contributed by atoms with E-state index in [1.54, 1.807) is 0 Å². The van der Waals surface area contributed by atoms with Crippen molar-refractivity contribution in [2.45, 2.75) is 103 Å². The van der Waals surface area contributed by atoms with Crippen LogP contribution in [0.5, 0.6) is 0 Å². The van der Waals surface area contributed by atoms with Crippen LogP contribution in [0.15, 0.2) is 12.1 Å². The van der Waals surface area contributed by atoms with Gasteiger partial charge in [0, 0.05) is 6.42 Å². The first-order chi connectivity index (χ1) is 12.1. The maximum atomic E-state index is 11.4. The molecule has 7 heteroatoms. The van der Waals surface area contributed by atoms with E-state index in [9.17, 15) is 4.79 Å². The standard InChI is InChI=1S/C20H39BO5Si/c1-18(2,3)27(9,10)24-16(12-11-13-17(22)23-8)14-15-21-25-19(4,5)20(6,7)26-21/h14-16H,11-13H2,1-10H3/b15-14+/t16-/m1/s1. The van der Waals surface area contributed by atoms with Gasteiger partial charge in [-0.25, -0.2) is 0 Å². The van der Waals surface area contributed by atoms with Crippen molar-refractivity contribution in [2.24, 2.45) is 0 Å². The van der Waals surface area contributed by atoms with Crippen LogP contribution in [-0.4, -0.2) is 45.8 Å². The van der Waals surface area contributed by atoms with Gasteiger partial charge in [-0.05, 0) is 58.7 Å². The summed E-state index contributed by atoms with van der Waals surface area (Å²) in [5.41, 5.74) is -0.717. The fourth-order valence-electron chi connectivity index (χ4n) is 2.48. The van der Waals surface area contributed by atoms with Gasteiger partial charge in [-0.15, -0.1) is 0 Å². The summed E-state index contributed by atoms with van der Waals surface area (Å²) in [5.74, 6) is 1.77. The van der Waals surface area contributed by atoms with E-state index in [0.717, 1.165) is 12.8 Å². The van der Waals surface area contributed by atoms with Gasteiger partial charge < -0.3 is 18.5 Å². The Labute approximate surface area is 167 Å². The number of ether oxygens (including phenoxy) is 1. The van der Waals surface area contributed by atoms with Crippen LogP contribution in [0.3, 0.4) is 0 Å². The predicted octanol–water partition coefficient (Wildman–Crippen LogP) is 4.91. The Morgan fingerprint density at radius 1 is 1.15 bits per heavy atom. The van der Waals surface area contributed by atoms with Gasteiger partial charge in [0.1, 0.15) is 0 Å². The van der Waals surface area contributed by atoms with Crippen molar-refractivity contribution in [1.82, 2.24) is 0 Å². The van der Waals surface area contributed by atoms with E-state index in [2.05, 4.69) is 33.9 Å². The van der Waals surface area contributed by atoms with E-state index < -0.39 is 8.32 Å². The molecule has 27 heavy (non-hydrogen) atoms. The Balaban J connectivity index is 2.83. The number of hydrogen-bond acceptors (Lipinski definition) is 5. The third kappa shape index (κ3) is 6.73. The second-order valence-corrected chi connectivity index (χ2v) is 14.7. The molecule has 0 unspecified atom stereocenters. The smallest absolute Gasteiger partial charge is 0.469 e. The Morgan fingerprint density at radius 3 is 2.11 bits per heavy atom. The quantitative estimate of drug-likeness (QED) is 0.430. The molecule has 1 fully saturated rings. The number of hydrogen-bond donors (Lipinski definition) is 0. The van der Waals surface area contributed by atoms with Crippen molar-refractivity contribution in [1.29, 1.82) is 0 Å². The molecule has 156 valence electrons. The highest BCUT2D eigenvalue weighted by molar-refractivity contribution is 6.74. The molecule has 0 aromatic heterocycles. The maximum Gasteiger partial charge on any atom is 0.486 e. The third-order valence-electron chi connectivity index (χ3n) is 6.10. The van der Waals surface area contributed by atoms with Gasteiger partial charge in [0.15, 0.2) is 8.32 Å². The summed E-state index contributed by atoms with van der Waals surface area (Å²) < 4.78 is 23.4. The van der Waals surface area contributed by atoms with Crippen molar-refractivity contribution in [2.75, 3.05) is 7.11 Å². The number of carbonyl (C=O) groups is 1. The van der Waals surface area contributed by atoms with Crippen LogP contribution in [0.1, 0.15) is 67.7 Å². The molecule has 1 saturated heterocycles. The van der Waals surface area contributed by atoms with E-state index in [4.69, 9.17) is 18.5 Å². The predicted molar refractivity (Wildman–Crippen MR) is 113 cm³/mol. The molecular formula is C20H39BO5Si. The second kappa shape index (κ2) is 8.80. The lowest BCUT2D eigenvalue weighted by Gasteiger charge is -2.38. The van der Waals surface area contributed by atoms with Gasteiger partial charge >= 0.3 is 13.1 Å². The fraction of sp³-hybridized carbons (Fsp3) is 0.850. The summed E-state index contributed by atoms with van der Waals surface area (Å²) in [5, 5.41) is 0.117. The number of rotatable bonds is 8. The van der Waals surface area contributed by atoms with Crippen LogP contribution in [-0.2, 0) is 23.3 Å². The zero-order chi connectivity index (χ0) is 21.1. The number of carbonyl (C=O) groups excluding carboxylic acids is 1.